The largest absolute Gasteiger partial charge is 0.460 e. The van der Waals surface area contributed by atoms with Gasteiger partial charge < -0.3 is 4.74 Å². The second-order valence-corrected chi connectivity index (χ2v) is 6.77. The molecule has 1 aromatic carbocycles. The number of nitrogens with one attached hydrogen (secondary N) is 1. The molecule has 0 fully saturated rings. The molecule has 0 amide bonds. The van der Waals surface area contributed by atoms with Gasteiger partial charge in [-0.1, -0.05) is 34.8 Å². The number of benzene rings is 1. The third kappa shape index (κ3) is 5.35. The number of halogens is 3. The van der Waals surface area contributed by atoms with E-state index in [0.717, 1.165) is 6.07 Å². The molecular formula is C11H11Cl3N2O4S. The minimum atomic E-state index is -4.02. The molecule has 0 atom stereocenters. The zero-order valence-electron chi connectivity index (χ0n) is 11.0. The summed E-state index contributed by atoms with van der Waals surface area (Å²) in [5, 5.41) is 3.69. The van der Waals surface area contributed by atoms with Gasteiger partial charge in [0.15, 0.2) is 0 Å². The Balaban J connectivity index is 2.95. The number of carbonyl (C=O) groups is 1. The van der Waals surface area contributed by atoms with Gasteiger partial charge in [0.05, 0.1) is 20.8 Å². The van der Waals surface area contributed by atoms with Crippen molar-refractivity contribution in [1.82, 2.24) is 4.83 Å². The summed E-state index contributed by atoms with van der Waals surface area (Å²) in [6, 6.07) is 2.33. The van der Waals surface area contributed by atoms with Crippen molar-refractivity contribution in [3.63, 3.8) is 0 Å². The molecule has 10 heteroatoms. The Labute approximate surface area is 137 Å². The SMILES string of the molecule is CC(=O)OC/C(C)=N\NS(=O)(=O)c1cc(Cl)c(Cl)cc1Cl. The standard InChI is InChI=1S/C11H11Cl3N2O4S/c1-6(5-20-7(2)17)15-16-21(18,19)11-4-9(13)8(12)3-10(11)14/h3-4,16H,5H2,1-2H3/b15-6-. The molecule has 0 aliphatic heterocycles. The van der Waals surface area contributed by atoms with E-state index in [1.165, 1.54) is 19.9 Å². The van der Waals surface area contributed by atoms with Crippen LogP contribution in [0.25, 0.3) is 0 Å². The van der Waals surface area contributed by atoms with Crippen molar-refractivity contribution in [2.45, 2.75) is 18.7 Å². The molecule has 0 heterocycles. The van der Waals surface area contributed by atoms with E-state index in [4.69, 9.17) is 34.8 Å². The third-order valence-electron chi connectivity index (χ3n) is 2.11. The van der Waals surface area contributed by atoms with E-state index in [0.29, 0.717) is 0 Å². The maximum Gasteiger partial charge on any atom is 0.303 e. The minimum absolute atomic E-state index is 0.0436. The van der Waals surface area contributed by atoms with Gasteiger partial charge in [0, 0.05) is 6.92 Å². The summed E-state index contributed by atoms with van der Waals surface area (Å²) in [4.78, 5) is 12.3. The molecule has 116 valence electrons. The van der Waals surface area contributed by atoms with E-state index < -0.39 is 16.0 Å². The lowest BCUT2D eigenvalue weighted by Crippen LogP contribution is -2.21. The molecule has 1 aromatic rings. The number of hydrazone groups is 1. The first-order valence-electron chi connectivity index (χ1n) is 5.46. The van der Waals surface area contributed by atoms with Crippen molar-refractivity contribution in [2.24, 2.45) is 5.10 Å². The van der Waals surface area contributed by atoms with Crippen LogP contribution in [0.3, 0.4) is 0 Å². The quantitative estimate of drug-likeness (QED) is 0.372. The van der Waals surface area contributed by atoms with Crippen LogP contribution in [0.1, 0.15) is 13.8 Å². The monoisotopic (exact) mass is 372 g/mol. The number of nitrogens with zero attached hydrogens (tertiary/aromatic N) is 1. The van der Waals surface area contributed by atoms with Crippen molar-refractivity contribution in [1.29, 1.82) is 0 Å². The Hall–Kier alpha value is -1.02. The van der Waals surface area contributed by atoms with Gasteiger partial charge in [0.25, 0.3) is 10.0 Å². The Bertz CT molecular complexity index is 689. The Morgan fingerprint density at radius 2 is 1.76 bits per heavy atom. The normalized spacial score (nSPS) is 12.1. The smallest absolute Gasteiger partial charge is 0.303 e. The first kappa shape index (κ1) is 18.0. The lowest BCUT2D eigenvalue weighted by Gasteiger charge is -2.08. The summed E-state index contributed by atoms with van der Waals surface area (Å²) in [5.74, 6) is -0.500. The molecule has 1 N–H and O–H groups in total. The zero-order valence-corrected chi connectivity index (χ0v) is 14.1. The molecule has 0 saturated heterocycles. The van der Waals surface area contributed by atoms with Crippen LogP contribution in [0, 0.1) is 0 Å². The van der Waals surface area contributed by atoms with Crippen LogP contribution in [0.15, 0.2) is 22.1 Å². The molecule has 0 unspecified atom stereocenters. The van der Waals surface area contributed by atoms with Gasteiger partial charge in [0.1, 0.15) is 11.5 Å². The van der Waals surface area contributed by atoms with Gasteiger partial charge >= 0.3 is 5.97 Å². The van der Waals surface area contributed by atoms with Crippen LogP contribution >= 0.6 is 34.8 Å². The van der Waals surface area contributed by atoms with Crippen molar-refractivity contribution in [3.8, 4) is 0 Å². The number of rotatable bonds is 5. The molecule has 0 saturated carbocycles. The number of hydrogen-bond donors (Lipinski definition) is 1. The molecule has 0 radical (unpaired) electrons. The molecule has 0 aliphatic rings. The topological polar surface area (TPSA) is 84.8 Å². The highest BCUT2D eigenvalue weighted by molar-refractivity contribution is 7.89. The predicted molar refractivity (Wildman–Crippen MR) is 81.5 cm³/mol. The second-order valence-electron chi connectivity index (χ2n) is 3.92. The average molecular weight is 374 g/mol. The molecule has 6 nitrogen and oxygen atoms in total. The number of esters is 1. The molecule has 0 spiro atoms. The molecule has 0 aliphatic carbocycles. The summed E-state index contributed by atoms with van der Waals surface area (Å²) < 4.78 is 28.8. The van der Waals surface area contributed by atoms with Gasteiger partial charge in [-0.25, -0.2) is 0 Å². The van der Waals surface area contributed by atoms with Crippen molar-refractivity contribution >= 4 is 56.5 Å². The number of ether oxygens (including phenoxy) is 1. The predicted octanol–water partition coefficient (Wildman–Crippen LogP) is 2.86. The highest BCUT2D eigenvalue weighted by Gasteiger charge is 2.19. The molecule has 21 heavy (non-hydrogen) atoms. The van der Waals surface area contributed by atoms with Crippen LogP contribution in [0.5, 0.6) is 0 Å². The maximum atomic E-state index is 12.0. The fraction of sp³-hybridized carbons (Fsp3) is 0.273. The molecular weight excluding hydrogens is 363 g/mol. The summed E-state index contributed by atoms with van der Waals surface area (Å²) in [6.07, 6.45) is 0. The van der Waals surface area contributed by atoms with E-state index in [1.807, 2.05) is 4.83 Å². The highest BCUT2D eigenvalue weighted by atomic mass is 35.5. The van der Waals surface area contributed by atoms with Gasteiger partial charge in [0.2, 0.25) is 0 Å². The summed E-state index contributed by atoms with van der Waals surface area (Å²) in [7, 11) is -4.02. The van der Waals surface area contributed by atoms with Crippen molar-refractivity contribution in [2.75, 3.05) is 6.61 Å². The van der Waals surface area contributed by atoms with Crippen LogP contribution in [0.2, 0.25) is 15.1 Å². The third-order valence-corrected chi connectivity index (χ3v) is 4.50. The van der Waals surface area contributed by atoms with Gasteiger partial charge in [-0.05, 0) is 19.1 Å². The molecule has 1 rings (SSSR count). The Morgan fingerprint density at radius 1 is 1.19 bits per heavy atom. The highest BCUT2D eigenvalue weighted by Crippen LogP contribution is 2.31. The van der Waals surface area contributed by atoms with Crippen LogP contribution < -0.4 is 4.83 Å². The van der Waals surface area contributed by atoms with Gasteiger partial charge in [-0.3, -0.25) is 4.79 Å². The Kier molecular flexibility index (Phi) is 6.27. The number of hydrogen-bond acceptors (Lipinski definition) is 5. The van der Waals surface area contributed by atoms with E-state index in [-0.39, 0.29) is 32.3 Å². The maximum absolute atomic E-state index is 12.0. The van der Waals surface area contributed by atoms with Gasteiger partial charge in [-0.2, -0.15) is 18.4 Å². The lowest BCUT2D eigenvalue weighted by atomic mass is 10.4. The average Bonchev–Trinajstić information content (AvgIpc) is 2.38. The van der Waals surface area contributed by atoms with E-state index in [1.54, 1.807) is 0 Å². The lowest BCUT2D eigenvalue weighted by molar-refractivity contribution is -0.139. The first-order chi connectivity index (χ1) is 9.63. The number of sulfonamides is 1. The number of carbonyl (C=O) groups excluding carboxylic acids is 1. The zero-order chi connectivity index (χ0) is 16.2. The fourth-order valence-electron chi connectivity index (χ4n) is 1.14. The molecule has 0 aromatic heterocycles. The molecule has 0 bridgehead atoms. The van der Waals surface area contributed by atoms with Gasteiger partial charge in [-0.15, -0.1) is 0 Å². The summed E-state index contributed by atoms with van der Waals surface area (Å²) in [5.41, 5.74) is 0.255. The van der Waals surface area contributed by atoms with Crippen molar-refractivity contribution < 1.29 is 17.9 Å². The van der Waals surface area contributed by atoms with E-state index in [9.17, 15) is 13.2 Å². The van der Waals surface area contributed by atoms with Crippen LogP contribution in [0.4, 0.5) is 0 Å². The Morgan fingerprint density at radius 3 is 2.33 bits per heavy atom. The van der Waals surface area contributed by atoms with E-state index >= 15 is 0 Å². The van der Waals surface area contributed by atoms with E-state index in [2.05, 4.69) is 9.84 Å². The van der Waals surface area contributed by atoms with Crippen LogP contribution in [-0.4, -0.2) is 26.7 Å². The fourth-order valence-corrected chi connectivity index (χ4v) is 3.02. The minimum Gasteiger partial charge on any atom is -0.460 e. The second kappa shape index (κ2) is 7.31. The summed E-state index contributed by atoms with van der Waals surface area (Å²) in [6.45, 7) is 2.59. The van der Waals surface area contributed by atoms with Crippen LogP contribution in [-0.2, 0) is 19.6 Å². The summed E-state index contributed by atoms with van der Waals surface area (Å²) >= 11 is 17.3. The first-order valence-corrected chi connectivity index (χ1v) is 8.08. The van der Waals surface area contributed by atoms with Crippen molar-refractivity contribution in [3.05, 3.63) is 27.2 Å².